The molecule has 2 aromatic rings. The Hall–Kier alpha value is -1.87. The Bertz CT molecular complexity index is 508. The molecule has 0 saturated heterocycles. The van der Waals surface area contributed by atoms with Crippen LogP contribution in [0.2, 0.25) is 0 Å². The van der Waals surface area contributed by atoms with Crippen molar-refractivity contribution < 1.29 is 4.39 Å². The number of hydrogen-bond acceptors (Lipinski definition) is 2. The lowest BCUT2D eigenvalue weighted by molar-refractivity contribution is 0.627. The van der Waals surface area contributed by atoms with Crippen molar-refractivity contribution in [1.82, 2.24) is 0 Å². The lowest BCUT2D eigenvalue weighted by atomic mass is 10.1. The van der Waals surface area contributed by atoms with Gasteiger partial charge in [0.1, 0.15) is 5.82 Å². The molecule has 0 spiro atoms. The Balaban J connectivity index is 2.16. The van der Waals surface area contributed by atoms with Crippen LogP contribution in [-0.4, -0.2) is 7.05 Å². The van der Waals surface area contributed by atoms with Gasteiger partial charge in [-0.1, -0.05) is 30.3 Å². The maximum absolute atomic E-state index is 12.8. The number of halogens is 1. The van der Waals surface area contributed by atoms with Crippen molar-refractivity contribution in [1.29, 1.82) is 0 Å². The van der Waals surface area contributed by atoms with E-state index in [-0.39, 0.29) is 5.82 Å². The van der Waals surface area contributed by atoms with Crippen molar-refractivity contribution in [3.8, 4) is 0 Å². The average Bonchev–Trinajstić information content (AvgIpc) is 2.41. The van der Waals surface area contributed by atoms with Crippen molar-refractivity contribution in [3.05, 3.63) is 65.5 Å². The molecule has 94 valence electrons. The summed E-state index contributed by atoms with van der Waals surface area (Å²) < 4.78 is 12.8. The average molecular weight is 244 g/mol. The second-order valence-electron chi connectivity index (χ2n) is 4.32. The summed E-state index contributed by atoms with van der Waals surface area (Å²) in [7, 11) is 2.01. The summed E-state index contributed by atoms with van der Waals surface area (Å²) in [5.74, 6) is -0.205. The van der Waals surface area contributed by atoms with E-state index in [2.05, 4.69) is 4.90 Å². The fraction of sp³-hybridized carbons (Fsp3) is 0.200. The fourth-order valence-corrected chi connectivity index (χ4v) is 2.00. The van der Waals surface area contributed by atoms with Crippen molar-refractivity contribution >= 4 is 5.69 Å². The third-order valence-corrected chi connectivity index (χ3v) is 2.96. The maximum Gasteiger partial charge on any atom is 0.123 e. The van der Waals surface area contributed by atoms with Gasteiger partial charge in [-0.2, -0.15) is 0 Å². The van der Waals surface area contributed by atoms with Crippen LogP contribution in [0.5, 0.6) is 0 Å². The van der Waals surface area contributed by atoms with Crippen LogP contribution in [0, 0.1) is 5.82 Å². The molecule has 0 aliphatic carbocycles. The molecule has 0 fully saturated rings. The van der Waals surface area contributed by atoms with Crippen LogP contribution in [0.15, 0.2) is 48.5 Å². The molecule has 0 bridgehead atoms. The minimum atomic E-state index is -0.205. The molecule has 2 aromatic carbocycles. The van der Waals surface area contributed by atoms with Crippen LogP contribution in [0.3, 0.4) is 0 Å². The van der Waals surface area contributed by atoms with Crippen LogP contribution in [0.1, 0.15) is 11.1 Å². The maximum atomic E-state index is 12.8. The number of nitrogens with zero attached hydrogens (tertiary/aromatic N) is 1. The third-order valence-electron chi connectivity index (χ3n) is 2.96. The van der Waals surface area contributed by atoms with Gasteiger partial charge in [-0.3, -0.25) is 0 Å². The molecule has 0 unspecified atom stereocenters. The van der Waals surface area contributed by atoms with Crippen LogP contribution < -0.4 is 10.6 Å². The summed E-state index contributed by atoms with van der Waals surface area (Å²) >= 11 is 0. The molecule has 2 rings (SSSR count). The summed E-state index contributed by atoms with van der Waals surface area (Å²) in [6.07, 6.45) is 0. The van der Waals surface area contributed by atoms with Gasteiger partial charge in [0.05, 0.1) is 0 Å². The van der Waals surface area contributed by atoms with E-state index in [1.165, 1.54) is 12.1 Å². The third kappa shape index (κ3) is 2.87. The summed E-state index contributed by atoms with van der Waals surface area (Å²) in [5, 5.41) is 0. The predicted octanol–water partition coefficient (Wildman–Crippen LogP) is 2.92. The Morgan fingerprint density at radius 2 is 1.72 bits per heavy atom. The van der Waals surface area contributed by atoms with E-state index in [9.17, 15) is 4.39 Å². The highest BCUT2D eigenvalue weighted by Gasteiger charge is 2.06. The van der Waals surface area contributed by atoms with Gasteiger partial charge in [-0.05, 0) is 29.3 Å². The highest BCUT2D eigenvalue weighted by Crippen LogP contribution is 2.20. The molecule has 2 nitrogen and oxygen atoms in total. The van der Waals surface area contributed by atoms with Crippen LogP contribution in [-0.2, 0) is 13.1 Å². The number of benzene rings is 2. The van der Waals surface area contributed by atoms with E-state index in [4.69, 9.17) is 5.73 Å². The van der Waals surface area contributed by atoms with Crippen molar-refractivity contribution in [2.24, 2.45) is 5.73 Å². The lowest BCUT2D eigenvalue weighted by Crippen LogP contribution is -2.18. The molecule has 3 heteroatoms. The van der Waals surface area contributed by atoms with Gasteiger partial charge < -0.3 is 10.6 Å². The lowest BCUT2D eigenvalue weighted by Gasteiger charge is -2.22. The minimum absolute atomic E-state index is 0.205. The summed E-state index contributed by atoms with van der Waals surface area (Å²) in [5.41, 5.74) is 9.03. The van der Waals surface area contributed by atoms with Crippen molar-refractivity contribution in [2.75, 3.05) is 11.9 Å². The zero-order valence-electron chi connectivity index (χ0n) is 10.4. The molecule has 18 heavy (non-hydrogen) atoms. The second-order valence-corrected chi connectivity index (χ2v) is 4.32. The molecule has 0 amide bonds. The van der Waals surface area contributed by atoms with E-state index >= 15 is 0 Å². The quantitative estimate of drug-likeness (QED) is 0.896. The van der Waals surface area contributed by atoms with Gasteiger partial charge in [-0.15, -0.1) is 0 Å². The standard InChI is InChI=1S/C15H17FN2/c1-18(11-12-6-8-14(16)9-7-12)15-5-3-2-4-13(15)10-17/h2-9H,10-11,17H2,1H3. The Kier molecular flexibility index (Phi) is 3.95. The zero-order valence-corrected chi connectivity index (χ0v) is 10.4. The first-order valence-corrected chi connectivity index (χ1v) is 5.94. The smallest absolute Gasteiger partial charge is 0.123 e. The topological polar surface area (TPSA) is 29.3 Å². The first-order valence-electron chi connectivity index (χ1n) is 5.94. The zero-order chi connectivity index (χ0) is 13.0. The van der Waals surface area contributed by atoms with Crippen LogP contribution >= 0.6 is 0 Å². The van der Waals surface area contributed by atoms with E-state index in [1.54, 1.807) is 12.1 Å². The predicted molar refractivity (Wildman–Crippen MR) is 72.8 cm³/mol. The largest absolute Gasteiger partial charge is 0.370 e. The molecule has 0 aliphatic heterocycles. The molecule has 0 atom stereocenters. The SMILES string of the molecule is CN(Cc1ccc(F)cc1)c1ccccc1CN. The molecule has 0 aromatic heterocycles. The van der Waals surface area contributed by atoms with Gasteiger partial charge in [0.2, 0.25) is 0 Å². The van der Waals surface area contributed by atoms with Gasteiger partial charge in [0.15, 0.2) is 0 Å². The van der Waals surface area contributed by atoms with Gasteiger partial charge in [0, 0.05) is 25.8 Å². The van der Waals surface area contributed by atoms with Crippen LogP contribution in [0.4, 0.5) is 10.1 Å². The van der Waals surface area contributed by atoms with E-state index in [1.807, 2.05) is 31.3 Å². The number of nitrogens with two attached hydrogens (primary N) is 1. The summed E-state index contributed by atoms with van der Waals surface area (Å²) in [6.45, 7) is 1.25. The van der Waals surface area contributed by atoms with E-state index < -0.39 is 0 Å². The second kappa shape index (κ2) is 5.65. The number of para-hydroxylation sites is 1. The monoisotopic (exact) mass is 244 g/mol. The molecule has 0 aliphatic rings. The van der Waals surface area contributed by atoms with Gasteiger partial charge in [-0.25, -0.2) is 4.39 Å². The fourth-order valence-electron chi connectivity index (χ4n) is 2.00. The minimum Gasteiger partial charge on any atom is -0.370 e. The summed E-state index contributed by atoms with van der Waals surface area (Å²) in [6, 6.07) is 14.6. The number of anilines is 1. The Morgan fingerprint density at radius 1 is 1.06 bits per heavy atom. The highest BCUT2D eigenvalue weighted by molar-refractivity contribution is 5.53. The molecular weight excluding hydrogens is 227 g/mol. The van der Waals surface area contributed by atoms with E-state index in [0.717, 1.165) is 23.4 Å². The Morgan fingerprint density at radius 3 is 2.39 bits per heavy atom. The molecule has 0 heterocycles. The van der Waals surface area contributed by atoms with Gasteiger partial charge >= 0.3 is 0 Å². The first kappa shape index (κ1) is 12.6. The highest BCUT2D eigenvalue weighted by atomic mass is 19.1. The molecule has 2 N–H and O–H groups in total. The van der Waals surface area contributed by atoms with Crippen molar-refractivity contribution in [3.63, 3.8) is 0 Å². The molecule has 0 radical (unpaired) electrons. The first-order chi connectivity index (χ1) is 8.70. The summed E-state index contributed by atoms with van der Waals surface area (Å²) in [4.78, 5) is 2.12. The number of hydrogen-bond donors (Lipinski definition) is 1. The van der Waals surface area contributed by atoms with Crippen LogP contribution in [0.25, 0.3) is 0 Å². The molecule has 0 saturated carbocycles. The molecular formula is C15H17FN2. The Labute approximate surface area is 107 Å². The number of rotatable bonds is 4. The van der Waals surface area contributed by atoms with Crippen molar-refractivity contribution in [2.45, 2.75) is 13.1 Å². The van der Waals surface area contributed by atoms with Gasteiger partial charge in [0.25, 0.3) is 0 Å². The normalized spacial score (nSPS) is 10.4. The van der Waals surface area contributed by atoms with E-state index in [0.29, 0.717) is 6.54 Å².